The van der Waals surface area contributed by atoms with Gasteiger partial charge in [0, 0.05) is 17.1 Å². The van der Waals surface area contributed by atoms with Crippen LogP contribution in [0.3, 0.4) is 0 Å². The van der Waals surface area contributed by atoms with Gasteiger partial charge in [-0.25, -0.2) is 9.31 Å². The van der Waals surface area contributed by atoms with Gasteiger partial charge >= 0.3 is 12.3 Å². The van der Waals surface area contributed by atoms with Crippen molar-refractivity contribution in [2.24, 2.45) is 0 Å². The molecule has 0 aliphatic rings. The van der Waals surface area contributed by atoms with Gasteiger partial charge in [0.05, 0.1) is 18.3 Å². The summed E-state index contributed by atoms with van der Waals surface area (Å²) in [7, 11) is 1.51. The van der Waals surface area contributed by atoms with Crippen LogP contribution in [0.1, 0.15) is 32.0 Å². The van der Waals surface area contributed by atoms with Crippen LogP contribution in [-0.4, -0.2) is 33.3 Å². The summed E-state index contributed by atoms with van der Waals surface area (Å²) < 4.78 is 45.7. The van der Waals surface area contributed by atoms with Gasteiger partial charge in [-0.1, -0.05) is 15.9 Å². The second-order valence-electron chi connectivity index (χ2n) is 6.36. The Morgan fingerprint density at radius 2 is 1.96 bits per heavy atom. The van der Waals surface area contributed by atoms with Gasteiger partial charge in [0.25, 0.3) is 0 Å². The first-order chi connectivity index (χ1) is 10.9. The molecule has 0 fully saturated rings. The van der Waals surface area contributed by atoms with Gasteiger partial charge in [0.15, 0.2) is 0 Å². The van der Waals surface area contributed by atoms with Gasteiger partial charge in [-0.05, 0) is 32.9 Å². The number of hydrogen-bond acceptors (Lipinski definition) is 3. The lowest BCUT2D eigenvalue weighted by Crippen LogP contribution is -2.33. The van der Waals surface area contributed by atoms with Crippen molar-refractivity contribution in [3.8, 4) is 0 Å². The van der Waals surface area contributed by atoms with E-state index in [2.05, 4.69) is 21.0 Å². The minimum atomic E-state index is -4.54. The Balaban J connectivity index is 2.34. The molecule has 0 unspecified atom stereocenters. The molecule has 24 heavy (non-hydrogen) atoms. The van der Waals surface area contributed by atoms with Gasteiger partial charge in [-0.15, -0.1) is 0 Å². The zero-order valence-electron chi connectivity index (χ0n) is 13.6. The molecule has 0 spiro atoms. The maximum absolute atomic E-state index is 13.1. The minimum absolute atomic E-state index is 0.0756. The Hall–Kier alpha value is -1.77. The molecule has 9 heteroatoms. The molecule has 2 aromatic rings. The average molecular weight is 408 g/mol. The zero-order chi connectivity index (χ0) is 18.3. The molecule has 0 aromatic carbocycles. The van der Waals surface area contributed by atoms with Crippen LogP contribution in [0.4, 0.5) is 18.0 Å². The quantitative estimate of drug-likeness (QED) is 0.736. The first-order valence-electron chi connectivity index (χ1n) is 7.06. The Labute approximate surface area is 145 Å². The summed E-state index contributed by atoms with van der Waals surface area (Å²) in [5.74, 6) is 0. The molecule has 0 aliphatic heterocycles. The first-order valence-corrected chi connectivity index (χ1v) is 7.85. The maximum Gasteiger partial charge on any atom is 0.433 e. The highest BCUT2D eigenvalue weighted by Gasteiger charge is 2.35. The number of carbonyl (C=O) groups excluding carboxylic acids is 1. The molecule has 0 bridgehead atoms. The summed E-state index contributed by atoms with van der Waals surface area (Å²) in [6.07, 6.45) is -3.78. The number of halogens is 4. The molecule has 5 nitrogen and oxygen atoms in total. The van der Waals surface area contributed by atoms with Crippen molar-refractivity contribution >= 4 is 27.5 Å². The van der Waals surface area contributed by atoms with E-state index in [4.69, 9.17) is 4.74 Å². The second-order valence-corrected chi connectivity index (χ2v) is 7.28. The van der Waals surface area contributed by atoms with Crippen molar-refractivity contribution in [3.05, 3.63) is 34.1 Å². The van der Waals surface area contributed by atoms with Crippen molar-refractivity contribution in [1.82, 2.24) is 14.5 Å². The van der Waals surface area contributed by atoms with Crippen LogP contribution in [0, 0.1) is 0 Å². The van der Waals surface area contributed by atoms with E-state index in [-0.39, 0.29) is 16.5 Å². The van der Waals surface area contributed by atoms with Crippen LogP contribution >= 0.6 is 15.9 Å². The van der Waals surface area contributed by atoms with Gasteiger partial charge in [0.2, 0.25) is 0 Å². The Morgan fingerprint density at radius 3 is 2.50 bits per heavy atom. The third-order valence-electron chi connectivity index (χ3n) is 3.07. The SMILES string of the molecule is CN(Cc1cnn2c(C(F)(F)F)cc(Br)cc12)C(=O)OC(C)(C)C. The molecular formula is C15H17BrF3N3O2. The van der Waals surface area contributed by atoms with Crippen molar-refractivity contribution in [2.45, 2.75) is 39.1 Å². The number of ether oxygens (including phenoxy) is 1. The average Bonchev–Trinajstić information content (AvgIpc) is 2.77. The number of hydrogen-bond donors (Lipinski definition) is 0. The molecule has 0 saturated heterocycles. The van der Waals surface area contributed by atoms with E-state index in [0.29, 0.717) is 5.56 Å². The third-order valence-corrected chi connectivity index (χ3v) is 3.52. The van der Waals surface area contributed by atoms with Crippen LogP contribution in [0.5, 0.6) is 0 Å². The van der Waals surface area contributed by atoms with E-state index >= 15 is 0 Å². The number of carbonyl (C=O) groups is 1. The number of aromatic nitrogens is 2. The van der Waals surface area contributed by atoms with E-state index in [1.54, 1.807) is 20.8 Å². The minimum Gasteiger partial charge on any atom is -0.444 e. The van der Waals surface area contributed by atoms with Crippen LogP contribution in [0.2, 0.25) is 0 Å². The van der Waals surface area contributed by atoms with Crippen LogP contribution in [-0.2, 0) is 17.5 Å². The largest absolute Gasteiger partial charge is 0.444 e. The van der Waals surface area contributed by atoms with Crippen molar-refractivity contribution in [3.63, 3.8) is 0 Å². The van der Waals surface area contributed by atoms with Crippen LogP contribution in [0.25, 0.3) is 5.52 Å². The molecule has 2 rings (SSSR count). The zero-order valence-corrected chi connectivity index (χ0v) is 15.2. The summed E-state index contributed by atoms with van der Waals surface area (Å²) in [5, 5.41) is 3.81. The first kappa shape index (κ1) is 18.6. The predicted octanol–water partition coefficient (Wildman–Crippen LogP) is 4.48. The standard InChI is InChI=1S/C15H17BrF3N3O2/c1-14(2,3)24-13(23)21(4)8-9-7-20-22-11(9)5-10(16)6-12(22)15(17,18)19/h5-7H,8H2,1-4H3. The Bertz CT molecular complexity index is 766. The smallest absolute Gasteiger partial charge is 0.433 e. The third kappa shape index (κ3) is 4.19. The number of nitrogens with zero attached hydrogens (tertiary/aromatic N) is 3. The number of amides is 1. The number of rotatable bonds is 2. The fourth-order valence-corrected chi connectivity index (χ4v) is 2.52. The van der Waals surface area contributed by atoms with E-state index < -0.39 is 23.6 Å². The predicted molar refractivity (Wildman–Crippen MR) is 85.6 cm³/mol. The molecule has 1 amide bonds. The lowest BCUT2D eigenvalue weighted by atomic mass is 10.2. The molecular weight excluding hydrogens is 391 g/mol. The number of alkyl halides is 3. The molecule has 2 heterocycles. The molecule has 0 atom stereocenters. The van der Waals surface area contributed by atoms with Crippen LogP contribution in [0.15, 0.2) is 22.8 Å². The number of pyridine rings is 1. The topological polar surface area (TPSA) is 46.8 Å². The molecule has 0 N–H and O–H groups in total. The van der Waals surface area contributed by atoms with E-state index in [1.807, 2.05) is 0 Å². The van der Waals surface area contributed by atoms with E-state index in [0.717, 1.165) is 10.6 Å². The highest BCUT2D eigenvalue weighted by Crippen LogP contribution is 2.32. The van der Waals surface area contributed by atoms with Gasteiger partial charge < -0.3 is 9.64 Å². The fraction of sp³-hybridized carbons (Fsp3) is 0.467. The van der Waals surface area contributed by atoms with Crippen LogP contribution < -0.4 is 0 Å². The maximum atomic E-state index is 13.1. The summed E-state index contributed by atoms with van der Waals surface area (Å²) in [5.41, 5.74) is -0.792. The van der Waals surface area contributed by atoms with Gasteiger partial charge in [0.1, 0.15) is 11.3 Å². The van der Waals surface area contributed by atoms with Crippen molar-refractivity contribution < 1.29 is 22.7 Å². The molecule has 2 aromatic heterocycles. The van der Waals surface area contributed by atoms with Gasteiger partial charge in [-0.3, -0.25) is 0 Å². The fourth-order valence-electron chi connectivity index (χ4n) is 2.09. The second kappa shape index (κ2) is 6.27. The summed E-state index contributed by atoms with van der Waals surface area (Å²) in [6.45, 7) is 5.29. The lowest BCUT2D eigenvalue weighted by molar-refractivity contribution is -0.142. The number of fused-ring (bicyclic) bond motifs is 1. The van der Waals surface area contributed by atoms with Crippen molar-refractivity contribution in [1.29, 1.82) is 0 Å². The molecule has 0 radical (unpaired) electrons. The van der Waals surface area contributed by atoms with E-state index in [9.17, 15) is 18.0 Å². The van der Waals surface area contributed by atoms with Gasteiger partial charge in [-0.2, -0.15) is 18.3 Å². The highest BCUT2D eigenvalue weighted by atomic mass is 79.9. The summed E-state index contributed by atoms with van der Waals surface area (Å²) in [4.78, 5) is 13.3. The molecule has 132 valence electrons. The molecule has 0 aliphatic carbocycles. The van der Waals surface area contributed by atoms with E-state index in [1.165, 1.54) is 24.2 Å². The Morgan fingerprint density at radius 1 is 1.33 bits per heavy atom. The normalized spacial score (nSPS) is 12.5. The van der Waals surface area contributed by atoms with Crippen molar-refractivity contribution in [2.75, 3.05) is 7.05 Å². The Kier molecular flexibility index (Phi) is 4.85. The summed E-state index contributed by atoms with van der Waals surface area (Å²) in [6, 6.07) is 2.49. The molecule has 0 saturated carbocycles. The lowest BCUT2D eigenvalue weighted by Gasteiger charge is -2.24. The monoisotopic (exact) mass is 407 g/mol. The summed E-state index contributed by atoms with van der Waals surface area (Å²) >= 11 is 3.08. The highest BCUT2D eigenvalue weighted by molar-refractivity contribution is 9.10.